The molecule has 14 heavy (non-hydrogen) atoms. The van der Waals surface area contributed by atoms with E-state index in [2.05, 4.69) is 16.6 Å². The van der Waals surface area contributed by atoms with Crippen LogP contribution in [0.15, 0.2) is 24.4 Å². The molecule has 0 saturated heterocycles. The van der Waals surface area contributed by atoms with Gasteiger partial charge < -0.3 is 5.32 Å². The lowest BCUT2D eigenvalue weighted by Gasteiger charge is -2.19. The number of anilines is 1. The van der Waals surface area contributed by atoms with E-state index in [9.17, 15) is 0 Å². The second kappa shape index (κ2) is 4.69. The van der Waals surface area contributed by atoms with Gasteiger partial charge in [0.15, 0.2) is 0 Å². The Labute approximate surface area is 89.5 Å². The Morgan fingerprint density at radius 3 is 3.07 bits per heavy atom. The van der Waals surface area contributed by atoms with Crippen LogP contribution in [0.4, 0.5) is 5.82 Å². The number of nitrogens with one attached hydrogen (secondary N) is 1. The van der Waals surface area contributed by atoms with Crippen LogP contribution < -0.4 is 5.32 Å². The Morgan fingerprint density at radius 1 is 1.43 bits per heavy atom. The van der Waals surface area contributed by atoms with Gasteiger partial charge in [-0.15, -0.1) is 0 Å². The summed E-state index contributed by atoms with van der Waals surface area (Å²) < 4.78 is 0. The highest BCUT2D eigenvalue weighted by molar-refractivity contribution is 7.99. The van der Waals surface area contributed by atoms with Crippen molar-refractivity contribution in [2.45, 2.75) is 30.6 Å². The Kier molecular flexibility index (Phi) is 3.30. The maximum Gasteiger partial charge on any atom is 0.126 e. The van der Waals surface area contributed by atoms with Gasteiger partial charge in [-0.1, -0.05) is 12.5 Å². The number of aromatic nitrogens is 1. The third-order valence-corrected chi connectivity index (χ3v) is 3.92. The van der Waals surface area contributed by atoms with Crippen molar-refractivity contribution in [1.29, 1.82) is 0 Å². The highest BCUT2D eigenvalue weighted by Crippen LogP contribution is 2.30. The average molecular weight is 208 g/mol. The molecule has 2 rings (SSSR count). The molecule has 1 aromatic rings. The third kappa shape index (κ3) is 2.21. The lowest BCUT2D eigenvalue weighted by Crippen LogP contribution is -2.26. The van der Waals surface area contributed by atoms with Gasteiger partial charge in [0.25, 0.3) is 0 Å². The summed E-state index contributed by atoms with van der Waals surface area (Å²) in [6.07, 6.45) is 8.00. The van der Waals surface area contributed by atoms with Crippen molar-refractivity contribution in [3.05, 3.63) is 24.4 Å². The standard InChI is InChI=1S/C11H16N2S/c1-14-10-6-4-5-9(10)13-11-7-2-3-8-12-11/h2-3,7-10H,4-6H2,1H3,(H,12,13). The number of hydrogen-bond acceptors (Lipinski definition) is 3. The van der Waals surface area contributed by atoms with Gasteiger partial charge >= 0.3 is 0 Å². The zero-order valence-electron chi connectivity index (χ0n) is 8.44. The molecule has 76 valence electrons. The number of rotatable bonds is 3. The summed E-state index contributed by atoms with van der Waals surface area (Å²) >= 11 is 1.97. The van der Waals surface area contributed by atoms with E-state index >= 15 is 0 Å². The van der Waals surface area contributed by atoms with Crippen LogP contribution in [0.3, 0.4) is 0 Å². The fraction of sp³-hybridized carbons (Fsp3) is 0.545. The molecule has 2 unspecified atom stereocenters. The first-order chi connectivity index (χ1) is 6.90. The molecule has 1 saturated carbocycles. The maximum atomic E-state index is 4.29. The molecule has 2 nitrogen and oxygen atoms in total. The molecule has 1 N–H and O–H groups in total. The van der Waals surface area contributed by atoms with Crippen molar-refractivity contribution in [2.75, 3.05) is 11.6 Å². The Hall–Kier alpha value is -0.700. The Balaban J connectivity index is 1.97. The average Bonchev–Trinajstić information content (AvgIpc) is 2.67. The molecule has 0 aliphatic heterocycles. The van der Waals surface area contributed by atoms with Crippen LogP contribution in [0.25, 0.3) is 0 Å². The lowest BCUT2D eigenvalue weighted by atomic mass is 10.2. The fourth-order valence-corrected chi connectivity index (χ4v) is 2.95. The van der Waals surface area contributed by atoms with Gasteiger partial charge in [-0.2, -0.15) is 11.8 Å². The first kappa shape index (κ1) is 9.84. The lowest BCUT2D eigenvalue weighted by molar-refractivity contribution is 0.763. The van der Waals surface area contributed by atoms with Crippen LogP contribution in [-0.4, -0.2) is 22.5 Å². The Morgan fingerprint density at radius 2 is 2.36 bits per heavy atom. The van der Waals surface area contributed by atoms with Crippen LogP contribution in [0, 0.1) is 0 Å². The van der Waals surface area contributed by atoms with Crippen LogP contribution in [0.5, 0.6) is 0 Å². The predicted molar refractivity (Wildman–Crippen MR) is 62.8 cm³/mol. The van der Waals surface area contributed by atoms with Gasteiger partial charge in [0.1, 0.15) is 5.82 Å². The van der Waals surface area contributed by atoms with Crippen molar-refractivity contribution >= 4 is 17.6 Å². The molecule has 1 aromatic heterocycles. The maximum absolute atomic E-state index is 4.29. The van der Waals surface area contributed by atoms with E-state index in [1.165, 1.54) is 19.3 Å². The first-order valence-electron chi connectivity index (χ1n) is 5.10. The van der Waals surface area contributed by atoms with Gasteiger partial charge in [0.2, 0.25) is 0 Å². The van der Waals surface area contributed by atoms with Gasteiger partial charge in [-0.05, 0) is 31.2 Å². The molecule has 1 aliphatic rings. The summed E-state index contributed by atoms with van der Waals surface area (Å²) in [5.74, 6) is 1.01. The monoisotopic (exact) mass is 208 g/mol. The van der Waals surface area contributed by atoms with Crippen molar-refractivity contribution in [1.82, 2.24) is 4.98 Å². The molecule has 0 amide bonds. The summed E-state index contributed by atoms with van der Waals surface area (Å²) in [6.45, 7) is 0. The number of nitrogens with zero attached hydrogens (tertiary/aromatic N) is 1. The van der Waals surface area contributed by atoms with Crippen LogP contribution in [0.2, 0.25) is 0 Å². The summed E-state index contributed by atoms with van der Waals surface area (Å²) in [5, 5.41) is 4.27. The minimum atomic E-state index is 0.611. The molecule has 1 heterocycles. The fourth-order valence-electron chi connectivity index (χ4n) is 2.01. The second-order valence-corrected chi connectivity index (χ2v) is 4.75. The van der Waals surface area contributed by atoms with Gasteiger partial charge in [-0.25, -0.2) is 4.98 Å². The smallest absolute Gasteiger partial charge is 0.126 e. The van der Waals surface area contributed by atoms with Gasteiger partial charge in [-0.3, -0.25) is 0 Å². The first-order valence-corrected chi connectivity index (χ1v) is 6.39. The number of pyridine rings is 1. The van der Waals surface area contributed by atoms with Crippen molar-refractivity contribution < 1.29 is 0 Å². The van der Waals surface area contributed by atoms with Crippen LogP contribution in [0.1, 0.15) is 19.3 Å². The van der Waals surface area contributed by atoms with E-state index < -0.39 is 0 Å². The summed E-state index contributed by atoms with van der Waals surface area (Å²) in [6, 6.07) is 6.62. The van der Waals surface area contributed by atoms with Crippen molar-refractivity contribution in [2.24, 2.45) is 0 Å². The van der Waals surface area contributed by atoms with Crippen LogP contribution >= 0.6 is 11.8 Å². The number of hydrogen-bond donors (Lipinski definition) is 1. The SMILES string of the molecule is CSC1CCCC1Nc1ccccn1. The largest absolute Gasteiger partial charge is 0.366 e. The molecule has 0 aromatic carbocycles. The molecule has 0 radical (unpaired) electrons. The van der Waals surface area contributed by atoms with Crippen molar-refractivity contribution in [3.8, 4) is 0 Å². The van der Waals surface area contributed by atoms with E-state index in [1.54, 1.807) is 0 Å². The zero-order chi connectivity index (χ0) is 9.80. The minimum Gasteiger partial charge on any atom is -0.366 e. The Bertz CT molecular complexity index is 276. The van der Waals surface area contributed by atoms with Crippen molar-refractivity contribution in [3.63, 3.8) is 0 Å². The molecule has 1 fully saturated rings. The highest BCUT2D eigenvalue weighted by atomic mass is 32.2. The third-order valence-electron chi connectivity index (χ3n) is 2.75. The van der Waals surface area contributed by atoms with E-state index in [1.807, 2.05) is 36.2 Å². The van der Waals surface area contributed by atoms with E-state index in [4.69, 9.17) is 0 Å². The summed E-state index contributed by atoms with van der Waals surface area (Å²) in [7, 11) is 0. The summed E-state index contributed by atoms with van der Waals surface area (Å²) in [5.41, 5.74) is 0. The highest BCUT2D eigenvalue weighted by Gasteiger charge is 2.26. The zero-order valence-corrected chi connectivity index (χ0v) is 9.26. The molecule has 2 atom stereocenters. The van der Waals surface area contributed by atoms with E-state index in [0.29, 0.717) is 6.04 Å². The molecular weight excluding hydrogens is 192 g/mol. The van der Waals surface area contributed by atoms with Gasteiger partial charge in [0, 0.05) is 17.5 Å². The normalized spacial score (nSPS) is 26.4. The topological polar surface area (TPSA) is 24.9 Å². The van der Waals surface area contributed by atoms with Gasteiger partial charge in [0.05, 0.1) is 0 Å². The molecular formula is C11H16N2S. The molecule has 0 spiro atoms. The molecule has 1 aliphatic carbocycles. The quantitative estimate of drug-likeness (QED) is 0.826. The van der Waals surface area contributed by atoms with Crippen LogP contribution in [-0.2, 0) is 0 Å². The molecule has 0 bridgehead atoms. The van der Waals surface area contributed by atoms with E-state index in [0.717, 1.165) is 11.1 Å². The second-order valence-electron chi connectivity index (χ2n) is 3.67. The molecule has 3 heteroatoms. The number of thioether (sulfide) groups is 1. The minimum absolute atomic E-state index is 0.611. The predicted octanol–water partition coefficient (Wildman–Crippen LogP) is 2.78. The van der Waals surface area contributed by atoms with E-state index in [-0.39, 0.29) is 0 Å². The summed E-state index contributed by atoms with van der Waals surface area (Å²) in [4.78, 5) is 4.29.